The van der Waals surface area contributed by atoms with Gasteiger partial charge in [-0.25, -0.2) is 23.1 Å². The van der Waals surface area contributed by atoms with Crippen molar-refractivity contribution < 1.29 is 13.2 Å². The van der Waals surface area contributed by atoms with Crippen LogP contribution in [-0.2, 0) is 14.8 Å². The van der Waals surface area contributed by atoms with Crippen LogP contribution in [-0.4, -0.2) is 36.4 Å². The van der Waals surface area contributed by atoms with Crippen LogP contribution in [0.5, 0.6) is 0 Å². The molecular weight excluding hydrogens is 282 g/mol. The maximum atomic E-state index is 12.1. The lowest BCUT2D eigenvalue weighted by Crippen LogP contribution is -2.45. The van der Waals surface area contributed by atoms with E-state index in [-0.39, 0.29) is 11.3 Å². The minimum atomic E-state index is -3.81. The Labute approximate surface area is 118 Å². The number of primary amides is 1. The Balaban J connectivity index is 2.90. The van der Waals surface area contributed by atoms with Gasteiger partial charge in [0.15, 0.2) is 0 Å². The van der Waals surface area contributed by atoms with Gasteiger partial charge in [0, 0.05) is 18.5 Å². The second kappa shape index (κ2) is 6.14. The van der Waals surface area contributed by atoms with Gasteiger partial charge in [0.2, 0.25) is 21.9 Å². The second-order valence-electron chi connectivity index (χ2n) is 4.91. The molecule has 0 aliphatic heterocycles. The van der Waals surface area contributed by atoms with Gasteiger partial charge >= 0.3 is 0 Å². The van der Waals surface area contributed by atoms with Crippen molar-refractivity contribution >= 4 is 21.9 Å². The summed E-state index contributed by atoms with van der Waals surface area (Å²) in [6.45, 7) is 5.66. The molecule has 0 aromatic carbocycles. The van der Waals surface area contributed by atoms with Crippen molar-refractivity contribution in [3.05, 3.63) is 12.4 Å². The Hall–Kier alpha value is -1.74. The first kappa shape index (κ1) is 16.3. The van der Waals surface area contributed by atoms with E-state index in [9.17, 15) is 13.2 Å². The van der Waals surface area contributed by atoms with Crippen LogP contribution in [0.25, 0.3) is 0 Å². The Bertz CT molecular complexity index is 568. The fourth-order valence-corrected chi connectivity index (χ4v) is 2.90. The highest BCUT2D eigenvalue weighted by molar-refractivity contribution is 7.89. The van der Waals surface area contributed by atoms with E-state index in [0.717, 1.165) is 0 Å². The quantitative estimate of drug-likeness (QED) is 0.642. The van der Waals surface area contributed by atoms with Gasteiger partial charge in [-0.2, -0.15) is 0 Å². The Morgan fingerprint density at radius 2 is 1.90 bits per heavy atom. The van der Waals surface area contributed by atoms with Gasteiger partial charge in [0.25, 0.3) is 0 Å². The van der Waals surface area contributed by atoms with Crippen LogP contribution in [0.15, 0.2) is 17.3 Å². The molecule has 0 fully saturated rings. The first-order chi connectivity index (χ1) is 9.16. The average Bonchev–Trinajstić information content (AvgIpc) is 2.26. The van der Waals surface area contributed by atoms with E-state index in [1.807, 2.05) is 6.92 Å². The average molecular weight is 301 g/mol. The molecule has 8 nitrogen and oxygen atoms in total. The molecule has 1 rings (SSSR count). The number of anilines is 1. The minimum absolute atomic E-state index is 0.0725. The molecule has 0 unspecified atom stereocenters. The number of sulfonamides is 1. The van der Waals surface area contributed by atoms with Crippen molar-refractivity contribution in [2.45, 2.75) is 37.6 Å². The zero-order valence-electron chi connectivity index (χ0n) is 11.7. The second-order valence-corrected chi connectivity index (χ2v) is 6.59. The highest BCUT2D eigenvalue weighted by Crippen LogP contribution is 2.14. The third-order valence-corrected chi connectivity index (χ3v) is 3.95. The summed E-state index contributed by atoms with van der Waals surface area (Å²) in [5.41, 5.74) is 4.10. The summed E-state index contributed by atoms with van der Waals surface area (Å²) in [5, 5.41) is 2.86. The summed E-state index contributed by atoms with van der Waals surface area (Å²) in [4.78, 5) is 18.6. The SMILES string of the molecule is CCNc1ncc(S(=O)(=O)NC(C)(C)CC(N)=O)cn1. The molecule has 0 saturated heterocycles. The van der Waals surface area contributed by atoms with Crippen LogP contribution in [0.2, 0.25) is 0 Å². The lowest BCUT2D eigenvalue weighted by atomic mass is 10.0. The van der Waals surface area contributed by atoms with E-state index in [2.05, 4.69) is 20.0 Å². The number of rotatable bonds is 7. The molecule has 9 heteroatoms. The fourth-order valence-electron chi connectivity index (χ4n) is 1.60. The van der Waals surface area contributed by atoms with E-state index in [1.165, 1.54) is 12.4 Å². The number of carbonyl (C=O) groups is 1. The standard InChI is InChI=1S/C11H19N5O3S/c1-4-13-10-14-6-8(7-15-10)20(18,19)16-11(2,3)5-9(12)17/h6-7,16H,4-5H2,1-3H3,(H2,12,17)(H,13,14,15). The zero-order chi connectivity index (χ0) is 15.4. The van der Waals surface area contributed by atoms with Crippen LogP contribution in [0, 0.1) is 0 Å². The number of amides is 1. The van der Waals surface area contributed by atoms with E-state index >= 15 is 0 Å². The number of carbonyl (C=O) groups excluding carboxylic acids is 1. The van der Waals surface area contributed by atoms with Gasteiger partial charge < -0.3 is 11.1 Å². The molecule has 0 atom stereocenters. The van der Waals surface area contributed by atoms with Crippen LogP contribution < -0.4 is 15.8 Å². The molecule has 1 aromatic rings. The molecule has 112 valence electrons. The Morgan fingerprint density at radius 3 is 2.35 bits per heavy atom. The molecule has 0 aliphatic rings. The molecule has 0 saturated carbocycles. The lowest BCUT2D eigenvalue weighted by Gasteiger charge is -2.24. The van der Waals surface area contributed by atoms with Crippen molar-refractivity contribution in [2.24, 2.45) is 5.73 Å². The maximum Gasteiger partial charge on any atom is 0.244 e. The molecular formula is C11H19N5O3S. The van der Waals surface area contributed by atoms with Crippen molar-refractivity contribution in [2.75, 3.05) is 11.9 Å². The van der Waals surface area contributed by atoms with Crippen LogP contribution in [0.3, 0.4) is 0 Å². The molecule has 20 heavy (non-hydrogen) atoms. The highest BCUT2D eigenvalue weighted by atomic mass is 32.2. The predicted molar refractivity (Wildman–Crippen MR) is 74.4 cm³/mol. The normalized spacial score (nSPS) is 12.2. The van der Waals surface area contributed by atoms with Gasteiger partial charge in [-0.15, -0.1) is 0 Å². The summed E-state index contributed by atoms with van der Waals surface area (Å²) in [6, 6.07) is 0. The van der Waals surface area contributed by atoms with E-state index in [0.29, 0.717) is 12.5 Å². The molecule has 0 radical (unpaired) electrons. The smallest absolute Gasteiger partial charge is 0.244 e. The third kappa shape index (κ3) is 4.74. The molecule has 0 bridgehead atoms. The van der Waals surface area contributed by atoms with Gasteiger partial charge in [0.1, 0.15) is 4.90 Å². The number of aromatic nitrogens is 2. The van der Waals surface area contributed by atoms with Gasteiger partial charge in [-0.1, -0.05) is 0 Å². The molecule has 1 aromatic heterocycles. The molecule has 4 N–H and O–H groups in total. The monoisotopic (exact) mass is 301 g/mol. The largest absolute Gasteiger partial charge is 0.370 e. The number of hydrogen-bond acceptors (Lipinski definition) is 6. The molecule has 0 aliphatic carbocycles. The summed E-state index contributed by atoms with van der Waals surface area (Å²) in [7, 11) is -3.81. The first-order valence-electron chi connectivity index (χ1n) is 6.04. The van der Waals surface area contributed by atoms with Crippen molar-refractivity contribution in [3.8, 4) is 0 Å². The maximum absolute atomic E-state index is 12.1. The number of nitrogens with one attached hydrogen (secondary N) is 2. The first-order valence-corrected chi connectivity index (χ1v) is 7.53. The molecule has 1 amide bonds. The fraction of sp³-hybridized carbons (Fsp3) is 0.545. The summed E-state index contributed by atoms with van der Waals surface area (Å²) >= 11 is 0. The Morgan fingerprint density at radius 1 is 1.35 bits per heavy atom. The molecule has 0 spiro atoms. The lowest BCUT2D eigenvalue weighted by molar-refractivity contribution is -0.119. The van der Waals surface area contributed by atoms with Crippen LogP contribution >= 0.6 is 0 Å². The topological polar surface area (TPSA) is 127 Å². The van der Waals surface area contributed by atoms with Crippen molar-refractivity contribution in [3.63, 3.8) is 0 Å². The molecule has 1 heterocycles. The van der Waals surface area contributed by atoms with Crippen molar-refractivity contribution in [1.29, 1.82) is 0 Å². The highest BCUT2D eigenvalue weighted by Gasteiger charge is 2.28. The van der Waals surface area contributed by atoms with Gasteiger partial charge in [0.05, 0.1) is 12.4 Å². The predicted octanol–water partition coefficient (Wildman–Crippen LogP) is -0.159. The van der Waals surface area contributed by atoms with Crippen LogP contribution in [0.4, 0.5) is 5.95 Å². The number of nitrogens with zero attached hydrogens (tertiary/aromatic N) is 2. The summed E-state index contributed by atoms with van der Waals surface area (Å²) < 4.78 is 26.7. The zero-order valence-corrected chi connectivity index (χ0v) is 12.5. The summed E-state index contributed by atoms with van der Waals surface area (Å²) in [6.07, 6.45) is 2.30. The number of hydrogen-bond donors (Lipinski definition) is 3. The minimum Gasteiger partial charge on any atom is -0.370 e. The van der Waals surface area contributed by atoms with E-state index < -0.39 is 21.5 Å². The van der Waals surface area contributed by atoms with E-state index in [1.54, 1.807) is 13.8 Å². The number of nitrogens with two attached hydrogens (primary N) is 1. The third-order valence-electron chi connectivity index (χ3n) is 2.30. The Kier molecular flexibility index (Phi) is 5.01. The van der Waals surface area contributed by atoms with Gasteiger partial charge in [-0.05, 0) is 20.8 Å². The van der Waals surface area contributed by atoms with Gasteiger partial charge in [-0.3, -0.25) is 4.79 Å². The summed E-state index contributed by atoms with van der Waals surface area (Å²) in [5.74, 6) is -0.237. The van der Waals surface area contributed by atoms with Crippen molar-refractivity contribution in [1.82, 2.24) is 14.7 Å². The van der Waals surface area contributed by atoms with Crippen LogP contribution in [0.1, 0.15) is 27.2 Å². The van der Waals surface area contributed by atoms with E-state index in [4.69, 9.17) is 5.73 Å².